The molecular weight excluding hydrogens is 204 g/mol. The van der Waals surface area contributed by atoms with E-state index in [-0.39, 0.29) is 17.6 Å². The van der Waals surface area contributed by atoms with Crippen LogP contribution in [0.25, 0.3) is 0 Å². The molecule has 3 heteroatoms. The molecule has 1 N–H and O–H groups in total. The van der Waals surface area contributed by atoms with E-state index in [9.17, 15) is 9.90 Å². The summed E-state index contributed by atoms with van der Waals surface area (Å²) in [4.78, 5) is 11.2. The number of phenolic OH excluding ortho intramolecular Hbond substituents is 1. The number of ether oxygens (including phenoxy) is 1. The molecule has 0 fully saturated rings. The molecule has 0 bridgehead atoms. The van der Waals surface area contributed by atoms with Gasteiger partial charge in [0.1, 0.15) is 6.10 Å². The van der Waals surface area contributed by atoms with Gasteiger partial charge >= 0.3 is 0 Å². The summed E-state index contributed by atoms with van der Waals surface area (Å²) in [7, 11) is 0. The standard InChI is InChI=1S/C13H14O3/c1-3-4-11-6-10-5-9(8(2)14)7-12(15)13(10)16-11/h3-5,7,11,15H,6H2,1-2H3/t11-/m0/s1. The average molecular weight is 218 g/mol. The molecule has 0 saturated heterocycles. The van der Waals surface area contributed by atoms with Crippen molar-refractivity contribution in [3.8, 4) is 11.5 Å². The van der Waals surface area contributed by atoms with Crippen molar-refractivity contribution in [2.24, 2.45) is 0 Å². The molecule has 3 nitrogen and oxygen atoms in total. The maximum absolute atomic E-state index is 11.2. The van der Waals surface area contributed by atoms with Crippen molar-refractivity contribution in [2.45, 2.75) is 26.4 Å². The topological polar surface area (TPSA) is 46.5 Å². The Kier molecular flexibility index (Phi) is 2.69. The summed E-state index contributed by atoms with van der Waals surface area (Å²) in [6.07, 6.45) is 4.52. The van der Waals surface area contributed by atoms with Gasteiger partial charge in [0, 0.05) is 17.5 Å². The number of hydrogen-bond donors (Lipinski definition) is 1. The highest BCUT2D eigenvalue weighted by Gasteiger charge is 2.24. The molecule has 0 unspecified atom stereocenters. The zero-order chi connectivity index (χ0) is 11.7. The Labute approximate surface area is 94.4 Å². The Morgan fingerprint density at radius 2 is 2.31 bits per heavy atom. The Bertz CT molecular complexity index is 460. The van der Waals surface area contributed by atoms with Gasteiger partial charge in [-0.25, -0.2) is 0 Å². The summed E-state index contributed by atoms with van der Waals surface area (Å²) in [5, 5.41) is 9.75. The number of hydrogen-bond acceptors (Lipinski definition) is 3. The lowest BCUT2D eigenvalue weighted by Crippen LogP contribution is -2.07. The lowest BCUT2D eigenvalue weighted by molar-refractivity contribution is 0.101. The molecule has 84 valence electrons. The van der Waals surface area contributed by atoms with Crippen molar-refractivity contribution in [2.75, 3.05) is 0 Å². The molecule has 1 aliphatic rings. The second kappa shape index (κ2) is 4.00. The monoisotopic (exact) mass is 218 g/mol. The fourth-order valence-corrected chi connectivity index (χ4v) is 1.89. The predicted molar refractivity (Wildman–Crippen MR) is 61.0 cm³/mol. The summed E-state index contributed by atoms with van der Waals surface area (Å²) in [5.74, 6) is 0.510. The van der Waals surface area contributed by atoms with Crippen LogP contribution in [-0.4, -0.2) is 17.0 Å². The van der Waals surface area contributed by atoms with Gasteiger partial charge in [0.05, 0.1) is 0 Å². The first-order valence-corrected chi connectivity index (χ1v) is 5.28. The molecule has 0 amide bonds. The third kappa shape index (κ3) is 1.81. The highest BCUT2D eigenvalue weighted by molar-refractivity contribution is 5.95. The number of benzene rings is 1. The van der Waals surface area contributed by atoms with Crippen LogP contribution in [-0.2, 0) is 6.42 Å². The zero-order valence-electron chi connectivity index (χ0n) is 9.36. The summed E-state index contributed by atoms with van der Waals surface area (Å²) in [6.45, 7) is 3.41. The van der Waals surface area contributed by atoms with E-state index in [1.165, 1.54) is 13.0 Å². The largest absolute Gasteiger partial charge is 0.504 e. The minimum absolute atomic E-state index is 0.0342. The molecule has 0 aliphatic carbocycles. The number of rotatable bonds is 2. The quantitative estimate of drug-likeness (QED) is 0.612. The van der Waals surface area contributed by atoms with E-state index >= 15 is 0 Å². The number of Topliss-reactive ketones (excluding diaryl/α,β-unsaturated/α-hetero) is 1. The maximum atomic E-state index is 11.2. The van der Waals surface area contributed by atoms with Crippen LogP contribution < -0.4 is 4.74 Å². The minimum Gasteiger partial charge on any atom is -0.504 e. The summed E-state index contributed by atoms with van der Waals surface area (Å²) in [6, 6.07) is 3.25. The van der Waals surface area contributed by atoms with E-state index in [2.05, 4.69) is 0 Å². The molecular formula is C13H14O3. The van der Waals surface area contributed by atoms with Crippen molar-refractivity contribution < 1.29 is 14.6 Å². The lowest BCUT2D eigenvalue weighted by Gasteiger charge is -2.06. The van der Waals surface area contributed by atoms with Crippen LogP contribution in [0.2, 0.25) is 0 Å². The highest BCUT2D eigenvalue weighted by Crippen LogP contribution is 2.38. The SMILES string of the molecule is CC=C[C@H]1Cc2cc(C(C)=O)cc(O)c2O1. The summed E-state index contributed by atoms with van der Waals surface area (Å²) in [5.41, 5.74) is 1.43. The Balaban J connectivity index is 2.38. The lowest BCUT2D eigenvalue weighted by atomic mass is 10.0. The molecule has 2 rings (SSSR count). The van der Waals surface area contributed by atoms with Gasteiger partial charge in [-0.05, 0) is 32.1 Å². The van der Waals surface area contributed by atoms with E-state index in [1.807, 2.05) is 19.1 Å². The minimum atomic E-state index is -0.0485. The molecule has 16 heavy (non-hydrogen) atoms. The van der Waals surface area contributed by atoms with Crippen LogP contribution in [0.15, 0.2) is 24.3 Å². The van der Waals surface area contributed by atoms with Crippen LogP contribution >= 0.6 is 0 Å². The van der Waals surface area contributed by atoms with Crippen molar-refractivity contribution in [1.82, 2.24) is 0 Å². The molecule has 1 aromatic rings. The second-order valence-corrected chi connectivity index (χ2v) is 3.93. The van der Waals surface area contributed by atoms with E-state index in [0.29, 0.717) is 17.7 Å². The van der Waals surface area contributed by atoms with Gasteiger partial charge in [-0.15, -0.1) is 0 Å². The van der Waals surface area contributed by atoms with E-state index < -0.39 is 0 Å². The highest BCUT2D eigenvalue weighted by atomic mass is 16.5. The van der Waals surface area contributed by atoms with Crippen LogP contribution in [0.1, 0.15) is 29.8 Å². The maximum Gasteiger partial charge on any atom is 0.165 e. The molecule has 0 spiro atoms. The number of allylic oxidation sites excluding steroid dienone is 1. The number of carbonyl (C=O) groups excluding carboxylic acids is 1. The number of fused-ring (bicyclic) bond motifs is 1. The van der Waals surface area contributed by atoms with Gasteiger partial charge in [0.25, 0.3) is 0 Å². The fourth-order valence-electron chi connectivity index (χ4n) is 1.89. The number of ketones is 1. The summed E-state index contributed by atoms with van der Waals surface area (Å²) < 4.78 is 5.56. The van der Waals surface area contributed by atoms with E-state index in [0.717, 1.165) is 5.56 Å². The van der Waals surface area contributed by atoms with Crippen molar-refractivity contribution in [1.29, 1.82) is 0 Å². The third-order valence-corrected chi connectivity index (χ3v) is 2.65. The van der Waals surface area contributed by atoms with Gasteiger partial charge in [-0.1, -0.05) is 6.08 Å². The predicted octanol–water partition coefficient (Wildman–Crippen LogP) is 2.47. The average Bonchev–Trinajstić information content (AvgIpc) is 2.61. The molecule has 0 saturated carbocycles. The zero-order valence-corrected chi connectivity index (χ0v) is 9.36. The van der Waals surface area contributed by atoms with Crippen LogP contribution in [0.3, 0.4) is 0 Å². The van der Waals surface area contributed by atoms with Gasteiger partial charge in [-0.3, -0.25) is 4.79 Å². The first-order valence-electron chi connectivity index (χ1n) is 5.28. The Hall–Kier alpha value is -1.77. The number of carbonyl (C=O) groups is 1. The smallest absolute Gasteiger partial charge is 0.165 e. The van der Waals surface area contributed by atoms with Crippen LogP contribution in [0.5, 0.6) is 11.5 Å². The first-order chi connectivity index (χ1) is 7.61. The molecule has 1 heterocycles. The fraction of sp³-hybridized carbons (Fsp3) is 0.308. The van der Waals surface area contributed by atoms with Crippen molar-refractivity contribution in [3.63, 3.8) is 0 Å². The van der Waals surface area contributed by atoms with Crippen molar-refractivity contribution in [3.05, 3.63) is 35.4 Å². The second-order valence-electron chi connectivity index (χ2n) is 3.93. The molecule has 1 aliphatic heterocycles. The Morgan fingerprint density at radius 3 is 2.94 bits per heavy atom. The van der Waals surface area contributed by atoms with Gasteiger partial charge in [-0.2, -0.15) is 0 Å². The normalized spacial score (nSPS) is 18.5. The van der Waals surface area contributed by atoms with E-state index in [1.54, 1.807) is 6.07 Å². The summed E-state index contributed by atoms with van der Waals surface area (Å²) >= 11 is 0. The number of phenols is 1. The van der Waals surface area contributed by atoms with Gasteiger partial charge in [0.2, 0.25) is 0 Å². The van der Waals surface area contributed by atoms with Crippen LogP contribution in [0, 0.1) is 0 Å². The molecule has 1 atom stereocenters. The Morgan fingerprint density at radius 1 is 1.56 bits per heavy atom. The molecule has 0 radical (unpaired) electrons. The molecule has 1 aromatic carbocycles. The van der Waals surface area contributed by atoms with Crippen LogP contribution in [0.4, 0.5) is 0 Å². The number of aromatic hydroxyl groups is 1. The first kappa shape index (κ1) is 10.7. The van der Waals surface area contributed by atoms with Crippen molar-refractivity contribution >= 4 is 5.78 Å². The third-order valence-electron chi connectivity index (χ3n) is 2.65. The van der Waals surface area contributed by atoms with Gasteiger partial charge < -0.3 is 9.84 Å². The van der Waals surface area contributed by atoms with E-state index in [4.69, 9.17) is 4.74 Å². The molecule has 0 aromatic heterocycles. The van der Waals surface area contributed by atoms with Gasteiger partial charge in [0.15, 0.2) is 17.3 Å².